The first-order valence-corrected chi connectivity index (χ1v) is 11.1. The molecule has 0 unspecified atom stereocenters. The third kappa shape index (κ3) is 4.85. The fraction of sp³-hybridized carbons (Fsp3) is 0.682. The van der Waals surface area contributed by atoms with Crippen molar-refractivity contribution in [3.63, 3.8) is 0 Å². The van der Waals surface area contributed by atoms with E-state index in [0.29, 0.717) is 25.2 Å². The van der Waals surface area contributed by atoms with Crippen LogP contribution < -0.4 is 0 Å². The van der Waals surface area contributed by atoms with Gasteiger partial charge in [0.25, 0.3) is 0 Å². The molecule has 0 saturated heterocycles. The van der Waals surface area contributed by atoms with Crippen molar-refractivity contribution in [2.45, 2.75) is 85.7 Å². The summed E-state index contributed by atoms with van der Waals surface area (Å²) in [5, 5.41) is 0.758. The zero-order chi connectivity index (χ0) is 19.0. The first-order valence-electron chi connectivity index (χ1n) is 10.2. The molecule has 1 aromatic rings. The van der Waals surface area contributed by atoms with E-state index in [1.807, 2.05) is 11.8 Å². The predicted molar refractivity (Wildman–Crippen MR) is 104 cm³/mol. The van der Waals surface area contributed by atoms with E-state index in [4.69, 9.17) is 4.74 Å². The molecule has 27 heavy (non-hydrogen) atoms. The van der Waals surface area contributed by atoms with Gasteiger partial charge in [-0.2, -0.15) is 0 Å². The molecule has 3 fully saturated rings. The molecular formula is C22H28F2O2S. The van der Waals surface area contributed by atoms with Crippen molar-refractivity contribution in [1.29, 1.82) is 0 Å². The highest BCUT2D eigenvalue weighted by atomic mass is 32.2. The standard InChI is InChI=1S/C22H28F2O2S/c1-26-21(25)19(12-14-8-10-22(23,24)11-9-14)16-4-7-20(27-17-5-6-17)18(13-16)15-2-3-15/h4,7,13-15,17,19H,2-3,5-6,8-12H2,1H3/t19-/m1/s1. The lowest BCUT2D eigenvalue weighted by molar-refractivity contribution is -0.143. The molecular weight excluding hydrogens is 366 g/mol. The lowest BCUT2D eigenvalue weighted by Gasteiger charge is -2.30. The van der Waals surface area contributed by atoms with E-state index in [-0.39, 0.29) is 30.6 Å². The topological polar surface area (TPSA) is 26.3 Å². The van der Waals surface area contributed by atoms with Gasteiger partial charge in [-0.1, -0.05) is 12.1 Å². The third-order valence-corrected chi connectivity index (χ3v) is 7.59. The van der Waals surface area contributed by atoms with Crippen molar-refractivity contribution < 1.29 is 18.3 Å². The molecule has 2 nitrogen and oxygen atoms in total. The molecule has 5 heteroatoms. The van der Waals surface area contributed by atoms with Gasteiger partial charge in [-0.25, -0.2) is 8.78 Å². The van der Waals surface area contributed by atoms with Gasteiger partial charge in [0.05, 0.1) is 13.0 Å². The second-order valence-electron chi connectivity index (χ2n) is 8.50. The van der Waals surface area contributed by atoms with E-state index in [0.717, 1.165) is 10.8 Å². The Bertz CT molecular complexity index is 688. The van der Waals surface area contributed by atoms with Crippen LogP contribution >= 0.6 is 11.8 Å². The molecule has 3 saturated carbocycles. The summed E-state index contributed by atoms with van der Waals surface area (Å²) in [5.41, 5.74) is 2.38. The van der Waals surface area contributed by atoms with Crippen LogP contribution in [0.15, 0.2) is 23.1 Å². The molecule has 0 radical (unpaired) electrons. The van der Waals surface area contributed by atoms with E-state index >= 15 is 0 Å². The Morgan fingerprint density at radius 2 is 1.89 bits per heavy atom. The SMILES string of the molecule is COC(=O)[C@H](CC1CCC(F)(F)CC1)c1ccc(SC2CC2)c(C2CC2)c1. The van der Waals surface area contributed by atoms with E-state index in [2.05, 4.69) is 18.2 Å². The van der Waals surface area contributed by atoms with E-state index in [1.165, 1.54) is 43.3 Å². The number of thioether (sulfide) groups is 1. The molecule has 0 aromatic heterocycles. The van der Waals surface area contributed by atoms with Crippen LogP contribution in [0.2, 0.25) is 0 Å². The fourth-order valence-electron chi connectivity index (χ4n) is 4.15. The van der Waals surface area contributed by atoms with Gasteiger partial charge in [-0.3, -0.25) is 4.79 Å². The van der Waals surface area contributed by atoms with E-state index < -0.39 is 5.92 Å². The van der Waals surface area contributed by atoms with Gasteiger partial charge in [-0.15, -0.1) is 11.8 Å². The molecule has 0 spiro atoms. The van der Waals surface area contributed by atoms with Crippen molar-refractivity contribution in [2.75, 3.05) is 7.11 Å². The van der Waals surface area contributed by atoms with Gasteiger partial charge in [0.2, 0.25) is 5.92 Å². The van der Waals surface area contributed by atoms with E-state index in [1.54, 1.807) is 0 Å². The first kappa shape index (κ1) is 19.2. The number of carbonyl (C=O) groups is 1. The lowest BCUT2D eigenvalue weighted by atomic mass is 9.79. The quantitative estimate of drug-likeness (QED) is 0.508. The molecule has 0 aliphatic heterocycles. The Morgan fingerprint density at radius 1 is 1.19 bits per heavy atom. The minimum absolute atomic E-state index is 0.0597. The molecule has 0 N–H and O–H groups in total. The minimum Gasteiger partial charge on any atom is -0.469 e. The smallest absolute Gasteiger partial charge is 0.313 e. The lowest BCUT2D eigenvalue weighted by Crippen LogP contribution is -2.27. The Morgan fingerprint density at radius 3 is 2.48 bits per heavy atom. The predicted octanol–water partition coefficient (Wildman–Crippen LogP) is 6.29. The van der Waals surface area contributed by atoms with Gasteiger partial charge in [0.15, 0.2) is 0 Å². The summed E-state index contributed by atoms with van der Waals surface area (Å²) >= 11 is 1.97. The number of halogens is 2. The number of rotatable bonds is 7. The van der Waals surface area contributed by atoms with Crippen LogP contribution in [0.1, 0.15) is 80.8 Å². The number of benzene rings is 1. The Hall–Kier alpha value is -1.10. The number of ether oxygens (including phenoxy) is 1. The van der Waals surface area contributed by atoms with E-state index in [9.17, 15) is 13.6 Å². The van der Waals surface area contributed by atoms with Crippen LogP contribution in [0.5, 0.6) is 0 Å². The molecule has 148 valence electrons. The normalized spacial score (nSPS) is 23.8. The maximum Gasteiger partial charge on any atom is 0.313 e. The highest BCUT2D eigenvalue weighted by Crippen LogP contribution is 2.49. The Kier molecular flexibility index (Phi) is 5.50. The number of alkyl halides is 2. The number of hydrogen-bond donors (Lipinski definition) is 0. The average Bonchev–Trinajstić information content (AvgIpc) is 3.55. The number of esters is 1. The minimum atomic E-state index is -2.53. The van der Waals surface area contributed by atoms with Gasteiger partial charge in [0.1, 0.15) is 0 Å². The molecule has 4 rings (SSSR count). The number of carbonyl (C=O) groups excluding carboxylic acids is 1. The van der Waals surface area contributed by atoms with Crippen LogP contribution in [-0.2, 0) is 9.53 Å². The van der Waals surface area contributed by atoms with Gasteiger partial charge in [0, 0.05) is 23.0 Å². The maximum atomic E-state index is 13.5. The van der Waals surface area contributed by atoms with Crippen molar-refractivity contribution in [2.24, 2.45) is 5.92 Å². The first-order chi connectivity index (χ1) is 12.9. The largest absolute Gasteiger partial charge is 0.469 e. The van der Waals surface area contributed by atoms with Gasteiger partial charge in [-0.05, 0) is 74.0 Å². The molecule has 0 bridgehead atoms. The van der Waals surface area contributed by atoms with Crippen LogP contribution in [0.3, 0.4) is 0 Å². The van der Waals surface area contributed by atoms with Crippen LogP contribution in [0.25, 0.3) is 0 Å². The fourth-order valence-corrected chi connectivity index (χ4v) is 5.39. The summed E-state index contributed by atoms with van der Waals surface area (Å²) in [6, 6.07) is 6.45. The van der Waals surface area contributed by atoms with Crippen LogP contribution in [0, 0.1) is 5.92 Å². The summed E-state index contributed by atoms with van der Waals surface area (Å²) in [6.07, 6.45) is 6.52. The average molecular weight is 395 g/mol. The summed E-state index contributed by atoms with van der Waals surface area (Å²) in [7, 11) is 1.42. The molecule has 3 aliphatic carbocycles. The Balaban J connectivity index is 1.53. The zero-order valence-electron chi connectivity index (χ0n) is 15.9. The summed E-state index contributed by atoms with van der Waals surface area (Å²) < 4.78 is 32.0. The van der Waals surface area contributed by atoms with Gasteiger partial charge >= 0.3 is 5.97 Å². The molecule has 0 amide bonds. The molecule has 0 heterocycles. The highest BCUT2D eigenvalue weighted by Gasteiger charge is 2.37. The molecule has 1 atom stereocenters. The third-order valence-electron chi connectivity index (χ3n) is 6.16. The second kappa shape index (κ2) is 7.73. The van der Waals surface area contributed by atoms with Crippen LogP contribution in [0.4, 0.5) is 8.78 Å². The molecule has 3 aliphatic rings. The van der Waals surface area contributed by atoms with Crippen molar-refractivity contribution in [3.05, 3.63) is 29.3 Å². The number of hydrogen-bond acceptors (Lipinski definition) is 3. The monoisotopic (exact) mass is 394 g/mol. The maximum absolute atomic E-state index is 13.5. The summed E-state index contributed by atoms with van der Waals surface area (Å²) in [5.74, 6) is -2.32. The number of methoxy groups -OCH3 is 1. The van der Waals surface area contributed by atoms with Gasteiger partial charge < -0.3 is 4.74 Å². The van der Waals surface area contributed by atoms with Crippen molar-refractivity contribution in [3.8, 4) is 0 Å². The van der Waals surface area contributed by atoms with Crippen molar-refractivity contribution >= 4 is 17.7 Å². The zero-order valence-corrected chi connectivity index (χ0v) is 16.7. The van der Waals surface area contributed by atoms with Crippen LogP contribution in [-0.4, -0.2) is 24.3 Å². The summed E-state index contributed by atoms with van der Waals surface area (Å²) in [6.45, 7) is 0. The Labute approximate surface area is 164 Å². The van der Waals surface area contributed by atoms with Crippen molar-refractivity contribution in [1.82, 2.24) is 0 Å². The summed E-state index contributed by atoms with van der Waals surface area (Å²) in [4.78, 5) is 13.9. The molecule has 1 aromatic carbocycles. The second-order valence-corrected chi connectivity index (χ2v) is 9.84. The highest BCUT2D eigenvalue weighted by molar-refractivity contribution is 8.00.